The third kappa shape index (κ3) is 3.25. The van der Waals surface area contributed by atoms with Gasteiger partial charge in [-0.2, -0.15) is 5.10 Å². The molecule has 1 N–H and O–H groups in total. The van der Waals surface area contributed by atoms with E-state index in [1.807, 2.05) is 6.20 Å². The van der Waals surface area contributed by atoms with Gasteiger partial charge in [0.15, 0.2) is 0 Å². The summed E-state index contributed by atoms with van der Waals surface area (Å²) in [6, 6.07) is 5.12. The number of methoxy groups -OCH3 is 1. The van der Waals surface area contributed by atoms with E-state index < -0.39 is 0 Å². The number of anilines is 1. The number of halogens is 1. The van der Waals surface area contributed by atoms with Gasteiger partial charge in [-0.1, -0.05) is 11.6 Å². The normalized spacial score (nSPS) is 13.5. The van der Waals surface area contributed by atoms with Crippen molar-refractivity contribution in [2.45, 2.75) is 32.2 Å². The Morgan fingerprint density at radius 2 is 2.23 bits per heavy atom. The molecular formula is C16H18ClN3O2. The van der Waals surface area contributed by atoms with Crippen LogP contribution in [0.25, 0.3) is 0 Å². The predicted octanol–water partition coefficient (Wildman–Crippen LogP) is 3.06. The molecule has 116 valence electrons. The van der Waals surface area contributed by atoms with Crippen molar-refractivity contribution in [3.63, 3.8) is 0 Å². The average Bonchev–Trinajstić information content (AvgIpc) is 2.89. The second-order valence-electron chi connectivity index (χ2n) is 5.40. The van der Waals surface area contributed by atoms with Crippen LogP contribution in [0.4, 0.5) is 5.69 Å². The van der Waals surface area contributed by atoms with Gasteiger partial charge in [-0.05, 0) is 49.4 Å². The molecule has 22 heavy (non-hydrogen) atoms. The van der Waals surface area contributed by atoms with Crippen LogP contribution in [0, 0.1) is 0 Å². The first-order valence-electron chi connectivity index (χ1n) is 7.34. The molecule has 3 rings (SSSR count). The number of benzene rings is 1. The summed E-state index contributed by atoms with van der Waals surface area (Å²) >= 11 is 5.96. The zero-order chi connectivity index (χ0) is 15.5. The molecule has 0 saturated carbocycles. The van der Waals surface area contributed by atoms with E-state index in [-0.39, 0.29) is 12.5 Å². The summed E-state index contributed by atoms with van der Waals surface area (Å²) in [4.78, 5) is 12.2. The maximum absolute atomic E-state index is 12.2. The topological polar surface area (TPSA) is 56.1 Å². The Morgan fingerprint density at radius 3 is 3.00 bits per heavy atom. The van der Waals surface area contributed by atoms with Crippen LogP contribution in [0.2, 0.25) is 5.02 Å². The minimum atomic E-state index is -0.152. The number of carbonyl (C=O) groups is 1. The van der Waals surface area contributed by atoms with Gasteiger partial charge in [0.05, 0.1) is 18.5 Å². The van der Waals surface area contributed by atoms with E-state index in [9.17, 15) is 4.79 Å². The number of carbonyl (C=O) groups excluding carboxylic acids is 1. The first kappa shape index (κ1) is 14.9. The van der Waals surface area contributed by atoms with E-state index in [0.29, 0.717) is 16.5 Å². The number of nitrogens with one attached hydrogen (secondary N) is 1. The average molecular weight is 320 g/mol. The Bertz CT molecular complexity index is 673. The number of ether oxygens (including phenoxy) is 1. The summed E-state index contributed by atoms with van der Waals surface area (Å²) in [5.74, 6) is 0.429. The number of amides is 1. The summed E-state index contributed by atoms with van der Waals surface area (Å²) in [7, 11) is 1.56. The standard InChI is InChI=1S/C16H18ClN3O2/c1-22-15-7-6-12(17)8-14(15)18-16(21)10-20-9-11-4-2-3-5-13(11)19-20/h6-9H,2-5,10H2,1H3,(H,18,21). The van der Waals surface area contributed by atoms with Crippen molar-refractivity contribution in [1.29, 1.82) is 0 Å². The molecule has 0 spiro atoms. The molecule has 1 aromatic heterocycles. The molecule has 0 atom stereocenters. The molecule has 1 aromatic carbocycles. The number of rotatable bonds is 4. The monoisotopic (exact) mass is 319 g/mol. The molecule has 2 aromatic rings. The molecule has 1 amide bonds. The summed E-state index contributed by atoms with van der Waals surface area (Å²) in [5, 5.41) is 7.86. The molecule has 1 heterocycles. The Morgan fingerprint density at radius 1 is 1.41 bits per heavy atom. The van der Waals surface area contributed by atoms with E-state index in [0.717, 1.165) is 18.5 Å². The fourth-order valence-corrected chi connectivity index (χ4v) is 2.90. The van der Waals surface area contributed by atoms with Crippen molar-refractivity contribution in [3.8, 4) is 5.75 Å². The lowest BCUT2D eigenvalue weighted by Gasteiger charge is -2.10. The van der Waals surface area contributed by atoms with Crippen molar-refractivity contribution >= 4 is 23.2 Å². The number of hydrogen-bond donors (Lipinski definition) is 1. The highest BCUT2D eigenvalue weighted by Crippen LogP contribution is 2.27. The van der Waals surface area contributed by atoms with E-state index in [4.69, 9.17) is 16.3 Å². The first-order valence-corrected chi connectivity index (χ1v) is 7.72. The van der Waals surface area contributed by atoms with Crippen molar-refractivity contribution in [3.05, 3.63) is 40.7 Å². The third-order valence-electron chi connectivity index (χ3n) is 3.78. The van der Waals surface area contributed by atoms with Crippen LogP contribution in [0.3, 0.4) is 0 Å². The maximum Gasteiger partial charge on any atom is 0.246 e. The lowest BCUT2D eigenvalue weighted by molar-refractivity contribution is -0.116. The molecule has 1 aliphatic carbocycles. The summed E-state index contributed by atoms with van der Waals surface area (Å²) in [6.07, 6.45) is 6.41. The Hall–Kier alpha value is -2.01. The van der Waals surface area contributed by atoms with Crippen LogP contribution in [-0.2, 0) is 24.2 Å². The van der Waals surface area contributed by atoms with E-state index in [1.165, 1.54) is 18.4 Å². The zero-order valence-electron chi connectivity index (χ0n) is 12.4. The van der Waals surface area contributed by atoms with Gasteiger partial charge in [-0.3, -0.25) is 9.48 Å². The minimum absolute atomic E-state index is 0.152. The van der Waals surface area contributed by atoms with Crippen LogP contribution in [-0.4, -0.2) is 22.8 Å². The molecule has 0 radical (unpaired) electrons. The predicted molar refractivity (Wildman–Crippen MR) is 85.5 cm³/mol. The molecular weight excluding hydrogens is 302 g/mol. The third-order valence-corrected chi connectivity index (χ3v) is 4.01. The minimum Gasteiger partial charge on any atom is -0.495 e. The first-order chi connectivity index (χ1) is 10.7. The van der Waals surface area contributed by atoms with Gasteiger partial charge in [-0.25, -0.2) is 0 Å². The largest absolute Gasteiger partial charge is 0.495 e. The van der Waals surface area contributed by atoms with Crippen molar-refractivity contribution in [2.24, 2.45) is 0 Å². The van der Waals surface area contributed by atoms with Crippen LogP contribution in [0.1, 0.15) is 24.1 Å². The van der Waals surface area contributed by atoms with Crippen molar-refractivity contribution in [2.75, 3.05) is 12.4 Å². The molecule has 0 unspecified atom stereocenters. The Labute approximate surface area is 134 Å². The highest BCUT2D eigenvalue weighted by molar-refractivity contribution is 6.31. The zero-order valence-corrected chi connectivity index (χ0v) is 13.2. The molecule has 5 nitrogen and oxygen atoms in total. The van der Waals surface area contributed by atoms with Crippen molar-refractivity contribution < 1.29 is 9.53 Å². The van der Waals surface area contributed by atoms with Crippen molar-refractivity contribution in [1.82, 2.24) is 9.78 Å². The SMILES string of the molecule is COc1ccc(Cl)cc1NC(=O)Cn1cc2c(n1)CCCC2. The smallest absolute Gasteiger partial charge is 0.246 e. The molecule has 6 heteroatoms. The van der Waals surface area contributed by atoms with E-state index in [2.05, 4.69) is 10.4 Å². The summed E-state index contributed by atoms with van der Waals surface area (Å²) < 4.78 is 6.93. The van der Waals surface area contributed by atoms with Gasteiger partial charge in [-0.15, -0.1) is 0 Å². The van der Waals surface area contributed by atoms with Gasteiger partial charge >= 0.3 is 0 Å². The van der Waals surface area contributed by atoms with Crippen LogP contribution in [0.5, 0.6) is 5.75 Å². The van der Waals surface area contributed by atoms with Crippen LogP contribution in [0.15, 0.2) is 24.4 Å². The highest BCUT2D eigenvalue weighted by atomic mass is 35.5. The Kier molecular flexibility index (Phi) is 4.34. The maximum atomic E-state index is 12.2. The van der Waals surface area contributed by atoms with Gasteiger partial charge in [0.1, 0.15) is 12.3 Å². The quantitative estimate of drug-likeness (QED) is 0.942. The van der Waals surface area contributed by atoms with E-state index >= 15 is 0 Å². The number of fused-ring (bicyclic) bond motifs is 1. The fraction of sp³-hybridized carbons (Fsp3) is 0.375. The summed E-state index contributed by atoms with van der Waals surface area (Å²) in [6.45, 7) is 0.183. The summed E-state index contributed by atoms with van der Waals surface area (Å²) in [5.41, 5.74) is 2.95. The van der Waals surface area contributed by atoms with Gasteiger partial charge < -0.3 is 10.1 Å². The highest BCUT2D eigenvalue weighted by Gasteiger charge is 2.15. The second kappa shape index (κ2) is 6.40. The number of nitrogens with zero attached hydrogens (tertiary/aromatic N) is 2. The lowest BCUT2D eigenvalue weighted by atomic mass is 9.99. The molecule has 0 fully saturated rings. The van der Waals surface area contributed by atoms with Gasteiger partial charge in [0.25, 0.3) is 0 Å². The molecule has 0 bridgehead atoms. The second-order valence-corrected chi connectivity index (χ2v) is 5.83. The lowest BCUT2D eigenvalue weighted by Crippen LogP contribution is -2.19. The fourth-order valence-electron chi connectivity index (χ4n) is 2.73. The molecule has 1 aliphatic rings. The van der Waals surface area contributed by atoms with E-state index in [1.54, 1.807) is 30.0 Å². The number of aryl methyl sites for hydroxylation is 2. The number of aromatic nitrogens is 2. The Balaban J connectivity index is 1.70. The van der Waals surface area contributed by atoms with Gasteiger partial charge in [0.2, 0.25) is 5.91 Å². The molecule has 0 saturated heterocycles. The van der Waals surface area contributed by atoms with Gasteiger partial charge in [0, 0.05) is 11.2 Å². The van der Waals surface area contributed by atoms with Crippen LogP contribution >= 0.6 is 11.6 Å². The number of hydrogen-bond acceptors (Lipinski definition) is 3. The van der Waals surface area contributed by atoms with Crippen LogP contribution < -0.4 is 10.1 Å². The molecule has 0 aliphatic heterocycles.